The summed E-state index contributed by atoms with van der Waals surface area (Å²) in [6, 6.07) is 9.81. The van der Waals surface area contributed by atoms with E-state index in [1.165, 1.54) is 12.1 Å². The molecule has 0 atom stereocenters. The lowest BCUT2D eigenvalue weighted by atomic mass is 10.2. The van der Waals surface area contributed by atoms with Gasteiger partial charge in [-0.3, -0.25) is 0 Å². The first-order valence-corrected chi connectivity index (χ1v) is 8.28. The molecule has 0 spiro atoms. The lowest BCUT2D eigenvalue weighted by molar-refractivity contribution is -0.177. The van der Waals surface area contributed by atoms with Crippen LogP contribution in [0.15, 0.2) is 48.8 Å². The SMILES string of the molecule is CC(C)(O)OCCn1cnc2cc(Oc3cccc(C(F)(F)F)c3)ccc21. The van der Waals surface area contributed by atoms with Gasteiger partial charge in [0, 0.05) is 12.6 Å². The first-order valence-electron chi connectivity index (χ1n) is 8.28. The van der Waals surface area contributed by atoms with Crippen molar-refractivity contribution in [2.75, 3.05) is 6.61 Å². The zero-order valence-electron chi connectivity index (χ0n) is 14.8. The number of ether oxygens (including phenoxy) is 2. The Morgan fingerprint density at radius 2 is 1.81 bits per heavy atom. The predicted octanol–water partition coefficient (Wildman–Crippen LogP) is 4.59. The van der Waals surface area contributed by atoms with Crippen LogP contribution >= 0.6 is 0 Å². The third-order valence-corrected chi connectivity index (χ3v) is 3.78. The second kappa shape index (κ2) is 7.21. The van der Waals surface area contributed by atoms with Gasteiger partial charge in [0.1, 0.15) is 11.5 Å². The maximum absolute atomic E-state index is 12.8. The number of imidazole rings is 1. The normalized spacial score (nSPS) is 12.5. The summed E-state index contributed by atoms with van der Waals surface area (Å²) < 4.78 is 51.1. The molecule has 5 nitrogen and oxygen atoms in total. The van der Waals surface area contributed by atoms with E-state index < -0.39 is 17.5 Å². The molecule has 0 saturated carbocycles. The Balaban J connectivity index is 1.74. The Hall–Kier alpha value is -2.58. The maximum Gasteiger partial charge on any atom is 0.416 e. The molecule has 8 heteroatoms. The highest BCUT2D eigenvalue weighted by molar-refractivity contribution is 5.77. The van der Waals surface area contributed by atoms with Gasteiger partial charge in [-0.1, -0.05) is 6.07 Å². The quantitative estimate of drug-likeness (QED) is 0.636. The third-order valence-electron chi connectivity index (χ3n) is 3.78. The van der Waals surface area contributed by atoms with E-state index in [1.807, 2.05) is 4.57 Å². The molecule has 1 heterocycles. The Morgan fingerprint density at radius 1 is 1.07 bits per heavy atom. The van der Waals surface area contributed by atoms with E-state index >= 15 is 0 Å². The fourth-order valence-electron chi connectivity index (χ4n) is 2.55. The molecule has 1 aromatic heterocycles. The smallest absolute Gasteiger partial charge is 0.416 e. The van der Waals surface area contributed by atoms with Crippen LogP contribution in [0, 0.1) is 0 Å². The summed E-state index contributed by atoms with van der Waals surface area (Å²) in [5, 5.41) is 9.57. The van der Waals surface area contributed by atoms with E-state index in [0.29, 0.717) is 24.4 Å². The van der Waals surface area contributed by atoms with Gasteiger partial charge in [0.15, 0.2) is 5.79 Å². The average Bonchev–Trinajstić information content (AvgIpc) is 2.96. The molecule has 1 N–H and O–H groups in total. The minimum Gasteiger partial charge on any atom is -0.457 e. The van der Waals surface area contributed by atoms with E-state index in [-0.39, 0.29) is 5.75 Å². The van der Waals surface area contributed by atoms with Crippen molar-refractivity contribution in [3.8, 4) is 11.5 Å². The number of hydrogen-bond acceptors (Lipinski definition) is 4. The summed E-state index contributed by atoms with van der Waals surface area (Å²) in [7, 11) is 0. The Kier molecular flexibility index (Phi) is 5.12. The Bertz CT molecular complexity index is 930. The number of rotatable bonds is 6. The number of nitrogens with zero attached hydrogens (tertiary/aromatic N) is 2. The van der Waals surface area contributed by atoms with Crippen molar-refractivity contribution in [3.05, 3.63) is 54.4 Å². The number of halogens is 3. The molecule has 0 unspecified atom stereocenters. The van der Waals surface area contributed by atoms with Crippen molar-refractivity contribution in [3.63, 3.8) is 0 Å². The summed E-state index contributed by atoms with van der Waals surface area (Å²) in [5.74, 6) is -0.718. The van der Waals surface area contributed by atoms with Gasteiger partial charge in [-0.2, -0.15) is 13.2 Å². The summed E-state index contributed by atoms with van der Waals surface area (Å²) >= 11 is 0. The summed E-state index contributed by atoms with van der Waals surface area (Å²) in [5.41, 5.74) is 0.700. The molecule has 2 aromatic carbocycles. The van der Waals surface area contributed by atoms with Crippen molar-refractivity contribution < 1.29 is 27.8 Å². The molecule has 0 saturated heterocycles. The molecular weight excluding hydrogens is 361 g/mol. The lowest BCUT2D eigenvalue weighted by Gasteiger charge is -2.18. The zero-order valence-corrected chi connectivity index (χ0v) is 14.8. The van der Waals surface area contributed by atoms with Crippen molar-refractivity contribution in [1.29, 1.82) is 0 Å². The minimum atomic E-state index is -4.42. The average molecular weight is 380 g/mol. The van der Waals surface area contributed by atoms with E-state index in [2.05, 4.69) is 4.98 Å². The second-order valence-corrected chi connectivity index (χ2v) is 6.51. The van der Waals surface area contributed by atoms with Crippen molar-refractivity contribution in [2.24, 2.45) is 0 Å². The van der Waals surface area contributed by atoms with Gasteiger partial charge in [0.25, 0.3) is 0 Å². The predicted molar refractivity (Wildman–Crippen MR) is 93.5 cm³/mol. The van der Waals surface area contributed by atoms with Crippen LogP contribution in [0.25, 0.3) is 11.0 Å². The molecule has 0 fully saturated rings. The van der Waals surface area contributed by atoms with Crippen LogP contribution in [-0.4, -0.2) is 27.1 Å². The molecule has 0 aliphatic rings. The molecule has 0 amide bonds. The van der Waals surface area contributed by atoms with Gasteiger partial charge in [-0.05, 0) is 44.2 Å². The molecule has 27 heavy (non-hydrogen) atoms. The monoisotopic (exact) mass is 380 g/mol. The highest BCUT2D eigenvalue weighted by atomic mass is 19.4. The maximum atomic E-state index is 12.8. The molecule has 3 rings (SSSR count). The van der Waals surface area contributed by atoms with Crippen molar-refractivity contribution in [1.82, 2.24) is 9.55 Å². The first-order chi connectivity index (χ1) is 12.6. The summed E-state index contributed by atoms with van der Waals surface area (Å²) in [6.07, 6.45) is -2.79. The first kappa shape index (κ1) is 19.2. The fourth-order valence-corrected chi connectivity index (χ4v) is 2.55. The number of benzene rings is 2. The number of hydrogen-bond donors (Lipinski definition) is 1. The molecule has 0 aliphatic carbocycles. The highest BCUT2D eigenvalue weighted by Gasteiger charge is 2.30. The zero-order chi connectivity index (χ0) is 19.7. The van der Waals surface area contributed by atoms with Gasteiger partial charge in [-0.25, -0.2) is 4.98 Å². The summed E-state index contributed by atoms with van der Waals surface area (Å²) in [4.78, 5) is 4.28. The standard InChI is InChI=1S/C19H19F3N2O3/c1-18(2,25)26-9-8-24-12-23-16-11-15(6-7-17(16)24)27-14-5-3-4-13(10-14)19(20,21)22/h3-7,10-12,25H,8-9H2,1-2H3. The Morgan fingerprint density at radius 3 is 2.52 bits per heavy atom. The molecule has 0 aliphatic heterocycles. The van der Waals surface area contributed by atoms with Gasteiger partial charge >= 0.3 is 6.18 Å². The molecule has 3 aromatic rings. The topological polar surface area (TPSA) is 56.5 Å². The van der Waals surface area contributed by atoms with Gasteiger partial charge in [0.05, 0.1) is 29.5 Å². The van der Waals surface area contributed by atoms with E-state index in [0.717, 1.165) is 17.6 Å². The van der Waals surface area contributed by atoms with Gasteiger partial charge in [-0.15, -0.1) is 0 Å². The Labute approximate surface area is 154 Å². The van der Waals surface area contributed by atoms with Crippen LogP contribution in [-0.2, 0) is 17.5 Å². The van der Waals surface area contributed by atoms with Gasteiger partial charge < -0.3 is 19.1 Å². The van der Waals surface area contributed by atoms with Crippen LogP contribution in [0.4, 0.5) is 13.2 Å². The number of alkyl halides is 3. The van der Waals surface area contributed by atoms with E-state index in [9.17, 15) is 18.3 Å². The number of aliphatic hydroxyl groups is 1. The van der Waals surface area contributed by atoms with E-state index in [4.69, 9.17) is 9.47 Å². The molecule has 0 radical (unpaired) electrons. The third kappa shape index (κ3) is 4.99. The van der Waals surface area contributed by atoms with Crippen molar-refractivity contribution in [2.45, 2.75) is 32.4 Å². The molecule has 144 valence electrons. The van der Waals surface area contributed by atoms with Crippen molar-refractivity contribution >= 4 is 11.0 Å². The van der Waals surface area contributed by atoms with Crippen LogP contribution in [0.5, 0.6) is 11.5 Å². The largest absolute Gasteiger partial charge is 0.457 e. The van der Waals surface area contributed by atoms with Gasteiger partial charge in [0.2, 0.25) is 0 Å². The number of aromatic nitrogens is 2. The minimum absolute atomic E-state index is 0.0992. The van der Waals surface area contributed by atoms with Crippen LogP contribution in [0.2, 0.25) is 0 Å². The highest BCUT2D eigenvalue weighted by Crippen LogP contribution is 2.33. The van der Waals surface area contributed by atoms with Crippen LogP contribution in [0.1, 0.15) is 19.4 Å². The van der Waals surface area contributed by atoms with Crippen LogP contribution < -0.4 is 4.74 Å². The summed E-state index contributed by atoms with van der Waals surface area (Å²) in [6.45, 7) is 3.90. The molecular formula is C19H19F3N2O3. The lowest BCUT2D eigenvalue weighted by Crippen LogP contribution is -2.25. The van der Waals surface area contributed by atoms with E-state index in [1.54, 1.807) is 38.4 Å². The van der Waals surface area contributed by atoms with Crippen LogP contribution in [0.3, 0.4) is 0 Å². The molecule has 0 bridgehead atoms. The second-order valence-electron chi connectivity index (χ2n) is 6.51. The fraction of sp³-hybridized carbons (Fsp3) is 0.316. The number of fused-ring (bicyclic) bond motifs is 1.